The highest BCUT2D eigenvalue weighted by molar-refractivity contribution is 6.16. The highest BCUT2D eigenvalue weighted by Gasteiger charge is 2.22. The van der Waals surface area contributed by atoms with Gasteiger partial charge >= 0.3 is 0 Å². The summed E-state index contributed by atoms with van der Waals surface area (Å²) >= 11 is 0. The number of nitrogens with zero attached hydrogens (tertiary/aromatic N) is 2. The van der Waals surface area contributed by atoms with Crippen LogP contribution >= 0.6 is 0 Å². The van der Waals surface area contributed by atoms with Crippen molar-refractivity contribution in [2.24, 2.45) is 0 Å². The molecule has 2 aromatic heterocycles. The number of benzene rings is 3. The Kier molecular flexibility index (Phi) is 5.25. The third-order valence-corrected chi connectivity index (χ3v) is 6.39. The number of carbonyl (C=O) groups is 1. The number of fused-ring (bicyclic) bond motifs is 3. The Labute approximate surface area is 197 Å². The van der Waals surface area contributed by atoms with Crippen LogP contribution in [0.15, 0.2) is 65.2 Å². The Morgan fingerprint density at radius 1 is 1.06 bits per heavy atom. The summed E-state index contributed by atoms with van der Waals surface area (Å²) in [7, 11) is 0. The minimum absolute atomic E-state index is 0.641. The molecule has 0 atom stereocenters. The summed E-state index contributed by atoms with van der Waals surface area (Å²) in [5.74, 6) is 0.726. The van der Waals surface area contributed by atoms with Crippen molar-refractivity contribution in [1.29, 1.82) is 0 Å². The minimum Gasteiger partial charge on any atom is -0.386 e. The number of nitrogens with one attached hydrogen (secondary N) is 1. The van der Waals surface area contributed by atoms with Gasteiger partial charge in [0.2, 0.25) is 6.41 Å². The molecule has 0 fully saturated rings. The molecule has 3 aromatic carbocycles. The van der Waals surface area contributed by atoms with E-state index in [2.05, 4.69) is 33.2 Å². The molecule has 0 spiro atoms. The lowest BCUT2D eigenvalue weighted by Gasteiger charge is -2.18. The lowest BCUT2D eigenvalue weighted by Crippen LogP contribution is -2.15. The van der Waals surface area contributed by atoms with Crippen molar-refractivity contribution in [3.63, 3.8) is 0 Å². The van der Waals surface area contributed by atoms with E-state index in [4.69, 9.17) is 4.52 Å². The average molecular weight is 454 g/mol. The lowest BCUT2D eigenvalue weighted by molar-refractivity contribution is -0.105. The third kappa shape index (κ3) is 3.66. The van der Waals surface area contributed by atoms with Crippen molar-refractivity contribution in [3.05, 3.63) is 83.2 Å². The zero-order valence-corrected chi connectivity index (χ0v) is 19.7. The standard InChI is InChI=1S/C28H27N3O3/c1-17-26(18(2)34-30-17)20-12-23(29-16-32)27-22-11-10-21(28(3,4)33)14-24(22)31(25(27)13-20)15-19-8-6-5-7-9-19/h5-14,16,33H,15H2,1-4H3,(H,29,32). The first kappa shape index (κ1) is 21.9. The summed E-state index contributed by atoms with van der Waals surface area (Å²) < 4.78 is 7.67. The maximum Gasteiger partial charge on any atom is 0.211 e. The number of amides is 1. The second-order valence-corrected chi connectivity index (χ2v) is 9.24. The molecule has 2 N–H and O–H groups in total. The van der Waals surface area contributed by atoms with Gasteiger partial charge < -0.3 is 19.5 Å². The van der Waals surface area contributed by atoms with Crippen LogP contribution in [0.4, 0.5) is 5.69 Å². The van der Waals surface area contributed by atoms with E-state index < -0.39 is 5.60 Å². The van der Waals surface area contributed by atoms with Gasteiger partial charge in [-0.1, -0.05) is 47.6 Å². The van der Waals surface area contributed by atoms with Gasteiger partial charge in [0.15, 0.2) is 0 Å². The van der Waals surface area contributed by atoms with Gasteiger partial charge in [-0.3, -0.25) is 4.79 Å². The highest BCUT2D eigenvalue weighted by Crippen LogP contribution is 2.40. The molecule has 0 unspecified atom stereocenters. The van der Waals surface area contributed by atoms with Crippen LogP contribution in [0.1, 0.15) is 36.4 Å². The lowest BCUT2D eigenvalue weighted by atomic mass is 9.96. The van der Waals surface area contributed by atoms with E-state index in [9.17, 15) is 9.90 Å². The molecule has 5 rings (SSSR count). The highest BCUT2D eigenvalue weighted by atomic mass is 16.5. The fraction of sp³-hybridized carbons (Fsp3) is 0.214. The van der Waals surface area contributed by atoms with Crippen molar-refractivity contribution in [2.45, 2.75) is 39.8 Å². The van der Waals surface area contributed by atoms with Gasteiger partial charge in [0.1, 0.15) is 5.76 Å². The van der Waals surface area contributed by atoms with Crippen LogP contribution in [0.3, 0.4) is 0 Å². The van der Waals surface area contributed by atoms with Gasteiger partial charge in [0, 0.05) is 28.4 Å². The quantitative estimate of drug-likeness (QED) is 0.313. The molecule has 0 bridgehead atoms. The number of anilines is 1. The molecule has 5 aromatic rings. The van der Waals surface area contributed by atoms with E-state index >= 15 is 0 Å². The topological polar surface area (TPSA) is 80.3 Å². The molecular weight excluding hydrogens is 426 g/mol. The summed E-state index contributed by atoms with van der Waals surface area (Å²) in [5.41, 5.74) is 6.33. The largest absolute Gasteiger partial charge is 0.386 e. The van der Waals surface area contributed by atoms with Crippen LogP contribution < -0.4 is 5.32 Å². The van der Waals surface area contributed by atoms with Crippen molar-refractivity contribution in [1.82, 2.24) is 9.72 Å². The molecule has 0 saturated heterocycles. The molecule has 0 aliphatic carbocycles. The minimum atomic E-state index is -0.978. The van der Waals surface area contributed by atoms with Crippen LogP contribution in [0.2, 0.25) is 0 Å². The summed E-state index contributed by atoms with van der Waals surface area (Å²) in [5, 5.41) is 19.7. The van der Waals surface area contributed by atoms with Crippen LogP contribution in [0.25, 0.3) is 32.9 Å². The molecular formula is C28H27N3O3. The molecule has 0 radical (unpaired) electrons. The van der Waals surface area contributed by atoms with Crippen LogP contribution in [0.5, 0.6) is 0 Å². The third-order valence-electron chi connectivity index (χ3n) is 6.39. The summed E-state index contributed by atoms with van der Waals surface area (Å²) in [4.78, 5) is 11.6. The molecule has 6 nitrogen and oxygen atoms in total. The van der Waals surface area contributed by atoms with Crippen molar-refractivity contribution in [3.8, 4) is 11.1 Å². The van der Waals surface area contributed by atoms with Gasteiger partial charge in [0.05, 0.1) is 22.5 Å². The fourth-order valence-electron chi connectivity index (χ4n) is 4.75. The number of hydrogen-bond donors (Lipinski definition) is 2. The van der Waals surface area contributed by atoms with E-state index in [1.54, 1.807) is 13.8 Å². The van der Waals surface area contributed by atoms with E-state index in [-0.39, 0.29) is 0 Å². The van der Waals surface area contributed by atoms with Gasteiger partial charge in [-0.15, -0.1) is 0 Å². The Morgan fingerprint density at radius 3 is 2.47 bits per heavy atom. The second kappa shape index (κ2) is 8.15. The molecule has 34 heavy (non-hydrogen) atoms. The second-order valence-electron chi connectivity index (χ2n) is 9.24. The van der Waals surface area contributed by atoms with Crippen molar-refractivity contribution >= 4 is 33.9 Å². The Bertz CT molecular complexity index is 1500. The van der Waals surface area contributed by atoms with Gasteiger partial charge in [0.25, 0.3) is 0 Å². The van der Waals surface area contributed by atoms with Crippen molar-refractivity contribution < 1.29 is 14.4 Å². The smallest absolute Gasteiger partial charge is 0.211 e. The van der Waals surface area contributed by atoms with Crippen LogP contribution in [-0.4, -0.2) is 21.2 Å². The number of hydrogen-bond acceptors (Lipinski definition) is 4. The van der Waals surface area contributed by atoms with E-state index in [1.165, 1.54) is 0 Å². The molecule has 0 saturated carbocycles. The number of aryl methyl sites for hydroxylation is 2. The Balaban J connectivity index is 1.88. The Hall–Kier alpha value is -3.90. The molecule has 0 aliphatic heterocycles. The zero-order valence-electron chi connectivity index (χ0n) is 19.7. The van der Waals surface area contributed by atoms with Crippen molar-refractivity contribution in [2.75, 3.05) is 5.32 Å². The first-order valence-electron chi connectivity index (χ1n) is 11.3. The summed E-state index contributed by atoms with van der Waals surface area (Å²) in [6.45, 7) is 8.02. The van der Waals surface area contributed by atoms with Gasteiger partial charge in [-0.05, 0) is 62.6 Å². The molecule has 2 heterocycles. The predicted molar refractivity (Wildman–Crippen MR) is 135 cm³/mol. The number of aliphatic hydroxyl groups is 1. The molecule has 1 amide bonds. The maximum atomic E-state index is 11.6. The number of carbonyl (C=O) groups excluding carboxylic acids is 1. The summed E-state index contributed by atoms with van der Waals surface area (Å²) in [6.07, 6.45) is 0.706. The molecule has 0 aliphatic rings. The first-order chi connectivity index (χ1) is 16.3. The monoisotopic (exact) mass is 453 g/mol. The SMILES string of the molecule is Cc1noc(C)c1-c1cc(NC=O)c2c3ccc(C(C)(C)O)cc3n(Cc3ccccc3)c2c1. The van der Waals surface area contributed by atoms with Crippen LogP contribution in [-0.2, 0) is 16.9 Å². The normalized spacial score (nSPS) is 11.9. The first-order valence-corrected chi connectivity index (χ1v) is 11.3. The van der Waals surface area contributed by atoms with Gasteiger partial charge in [-0.2, -0.15) is 0 Å². The summed E-state index contributed by atoms with van der Waals surface area (Å²) in [6, 6.07) is 20.4. The number of aromatic nitrogens is 2. The molecule has 172 valence electrons. The van der Waals surface area contributed by atoms with E-state index in [0.717, 1.165) is 61.2 Å². The predicted octanol–water partition coefficient (Wildman–Crippen LogP) is 5.91. The van der Waals surface area contributed by atoms with E-state index in [1.807, 2.05) is 56.3 Å². The zero-order chi connectivity index (χ0) is 24.0. The average Bonchev–Trinajstić information content (AvgIpc) is 3.30. The Morgan fingerprint density at radius 2 is 1.82 bits per heavy atom. The molecule has 6 heteroatoms. The number of rotatable bonds is 6. The van der Waals surface area contributed by atoms with Gasteiger partial charge in [-0.25, -0.2) is 0 Å². The van der Waals surface area contributed by atoms with E-state index in [0.29, 0.717) is 13.0 Å². The fourth-order valence-corrected chi connectivity index (χ4v) is 4.75. The van der Waals surface area contributed by atoms with Crippen LogP contribution in [0, 0.1) is 13.8 Å². The maximum absolute atomic E-state index is 11.6.